The predicted octanol–water partition coefficient (Wildman–Crippen LogP) is 10.8. The molecule has 0 radical (unpaired) electrons. The summed E-state index contributed by atoms with van der Waals surface area (Å²) in [7, 11) is 0. The summed E-state index contributed by atoms with van der Waals surface area (Å²) in [6, 6.07) is 46.3. The molecule has 0 saturated carbocycles. The van der Waals surface area contributed by atoms with Crippen LogP contribution >= 0.6 is 0 Å². The Kier molecular flexibility index (Phi) is 6.35. The maximum atomic E-state index is 6.46. The van der Waals surface area contributed by atoms with Crippen LogP contribution in [0.2, 0.25) is 0 Å². The molecule has 7 nitrogen and oxygen atoms in total. The van der Waals surface area contributed by atoms with Crippen LogP contribution < -0.4 is 0 Å². The number of furan rings is 2. The van der Waals surface area contributed by atoms with Gasteiger partial charge in [-0.1, -0.05) is 84.9 Å². The van der Waals surface area contributed by atoms with Gasteiger partial charge in [-0.15, -0.1) is 0 Å². The molecular weight excluding hydrogens is 619 g/mol. The Bertz CT molecular complexity index is 2690. The minimum absolute atomic E-state index is 0.547. The minimum Gasteiger partial charge on any atom is -0.454 e. The highest BCUT2D eigenvalue weighted by Crippen LogP contribution is 2.41. The van der Waals surface area contributed by atoms with Crippen LogP contribution in [0.1, 0.15) is 0 Å². The SMILES string of the molecule is c1ccc(-c2nc(-c3ccccc3)nc(-c3cc(-c4ccnc5c4oc4ccccc45)cc(-c4ccnc5c4oc4ccccc45)c3)n2)cc1. The molecule has 0 unspecified atom stereocenters. The lowest BCUT2D eigenvalue weighted by atomic mass is 9.95. The summed E-state index contributed by atoms with van der Waals surface area (Å²) in [4.78, 5) is 24.5. The van der Waals surface area contributed by atoms with E-state index < -0.39 is 0 Å². The maximum Gasteiger partial charge on any atom is 0.164 e. The molecule has 50 heavy (non-hydrogen) atoms. The number of fused-ring (bicyclic) bond motifs is 6. The van der Waals surface area contributed by atoms with Gasteiger partial charge in [0.05, 0.1) is 0 Å². The van der Waals surface area contributed by atoms with Crippen molar-refractivity contribution in [1.82, 2.24) is 24.9 Å². The molecule has 5 aromatic carbocycles. The molecule has 0 N–H and O–H groups in total. The Labute approximate surface area is 285 Å². The van der Waals surface area contributed by atoms with E-state index in [-0.39, 0.29) is 0 Å². The van der Waals surface area contributed by atoms with E-state index in [0.29, 0.717) is 28.6 Å². The van der Waals surface area contributed by atoms with Gasteiger partial charge >= 0.3 is 0 Å². The third-order valence-electron chi connectivity index (χ3n) is 9.03. The van der Waals surface area contributed by atoms with Crippen LogP contribution in [0, 0.1) is 0 Å². The van der Waals surface area contributed by atoms with Gasteiger partial charge in [-0.05, 0) is 65.7 Å². The van der Waals surface area contributed by atoms with Gasteiger partial charge in [0.25, 0.3) is 0 Å². The second-order valence-electron chi connectivity index (χ2n) is 12.1. The van der Waals surface area contributed by atoms with Crippen molar-refractivity contribution in [2.24, 2.45) is 0 Å². The van der Waals surface area contributed by atoms with E-state index in [0.717, 1.165) is 71.9 Å². The second kappa shape index (κ2) is 11.3. The van der Waals surface area contributed by atoms with Crippen LogP contribution in [-0.4, -0.2) is 24.9 Å². The molecule has 10 rings (SSSR count). The fraction of sp³-hybridized carbons (Fsp3) is 0. The highest BCUT2D eigenvalue weighted by Gasteiger charge is 2.20. The molecule has 0 saturated heterocycles. The number of aromatic nitrogens is 5. The van der Waals surface area contributed by atoms with Crippen molar-refractivity contribution < 1.29 is 8.83 Å². The van der Waals surface area contributed by atoms with Gasteiger partial charge < -0.3 is 8.83 Å². The fourth-order valence-corrected chi connectivity index (χ4v) is 6.67. The van der Waals surface area contributed by atoms with Gasteiger partial charge in [0.1, 0.15) is 22.2 Å². The zero-order valence-corrected chi connectivity index (χ0v) is 26.5. The van der Waals surface area contributed by atoms with Crippen molar-refractivity contribution in [1.29, 1.82) is 0 Å². The lowest BCUT2D eigenvalue weighted by Crippen LogP contribution is -2.00. The number of para-hydroxylation sites is 2. The summed E-state index contributed by atoms with van der Waals surface area (Å²) in [6.07, 6.45) is 3.67. The van der Waals surface area contributed by atoms with Crippen molar-refractivity contribution in [3.05, 3.63) is 152 Å². The standard InChI is InChI=1S/C43H25N5O2/c1-3-11-26(12-4-1)41-46-42(27-13-5-2-6-14-27)48-43(47-41)30-24-28(31-19-21-44-37-33-15-7-9-17-35(33)49-39(31)37)23-29(25-30)32-20-22-45-38-34-16-8-10-18-36(34)50-40(32)38/h1-25H. The van der Waals surface area contributed by atoms with Gasteiger partial charge in [0, 0.05) is 51.0 Å². The largest absolute Gasteiger partial charge is 0.454 e. The van der Waals surface area contributed by atoms with Crippen molar-refractivity contribution in [3.8, 4) is 56.4 Å². The molecule has 0 aliphatic heterocycles. The summed E-state index contributed by atoms with van der Waals surface area (Å²) < 4.78 is 12.9. The molecule has 7 heteroatoms. The smallest absolute Gasteiger partial charge is 0.164 e. The number of hydrogen-bond acceptors (Lipinski definition) is 7. The zero-order chi connectivity index (χ0) is 33.0. The van der Waals surface area contributed by atoms with Crippen LogP contribution in [0.25, 0.3) is 101 Å². The Morgan fingerprint density at radius 3 is 1.24 bits per heavy atom. The average Bonchev–Trinajstić information content (AvgIpc) is 3.77. The zero-order valence-electron chi connectivity index (χ0n) is 26.5. The van der Waals surface area contributed by atoms with E-state index in [1.807, 2.05) is 134 Å². The van der Waals surface area contributed by atoms with Crippen LogP contribution in [0.4, 0.5) is 0 Å². The van der Waals surface area contributed by atoms with Crippen molar-refractivity contribution in [2.45, 2.75) is 0 Å². The Morgan fingerprint density at radius 2 is 0.760 bits per heavy atom. The first-order valence-electron chi connectivity index (χ1n) is 16.3. The van der Waals surface area contributed by atoms with E-state index in [1.165, 1.54) is 0 Å². The average molecular weight is 644 g/mol. The van der Waals surface area contributed by atoms with E-state index in [9.17, 15) is 0 Å². The van der Waals surface area contributed by atoms with E-state index in [4.69, 9.17) is 33.8 Å². The topological polar surface area (TPSA) is 90.7 Å². The molecular formula is C43H25N5O2. The van der Waals surface area contributed by atoms with Gasteiger partial charge in [-0.3, -0.25) is 9.97 Å². The third-order valence-corrected chi connectivity index (χ3v) is 9.03. The van der Waals surface area contributed by atoms with Gasteiger partial charge in [-0.2, -0.15) is 0 Å². The van der Waals surface area contributed by atoms with Crippen LogP contribution in [-0.2, 0) is 0 Å². The summed E-state index contributed by atoms with van der Waals surface area (Å²) in [5, 5.41) is 1.94. The number of nitrogens with zero attached hydrogens (tertiary/aromatic N) is 5. The highest BCUT2D eigenvalue weighted by molar-refractivity contribution is 6.09. The lowest BCUT2D eigenvalue weighted by molar-refractivity contribution is 0.669. The van der Waals surface area contributed by atoms with E-state index >= 15 is 0 Å². The Morgan fingerprint density at radius 1 is 0.360 bits per heavy atom. The molecule has 5 aromatic heterocycles. The van der Waals surface area contributed by atoms with Crippen molar-refractivity contribution in [3.63, 3.8) is 0 Å². The molecule has 0 aliphatic rings. The Balaban J connectivity index is 1.26. The quantitative estimate of drug-likeness (QED) is 0.184. The van der Waals surface area contributed by atoms with E-state index in [2.05, 4.69) is 18.2 Å². The van der Waals surface area contributed by atoms with Gasteiger partial charge in [0.2, 0.25) is 0 Å². The molecule has 0 amide bonds. The molecule has 10 aromatic rings. The van der Waals surface area contributed by atoms with Crippen molar-refractivity contribution >= 4 is 44.1 Å². The molecule has 5 heterocycles. The maximum absolute atomic E-state index is 6.46. The first-order chi connectivity index (χ1) is 24.8. The first kappa shape index (κ1) is 28.1. The minimum atomic E-state index is 0.547. The normalized spacial score (nSPS) is 11.6. The third kappa shape index (κ3) is 4.64. The van der Waals surface area contributed by atoms with Crippen LogP contribution in [0.15, 0.2) is 161 Å². The highest BCUT2D eigenvalue weighted by atomic mass is 16.3. The van der Waals surface area contributed by atoms with Crippen LogP contribution in [0.5, 0.6) is 0 Å². The molecule has 0 atom stereocenters. The number of hydrogen-bond donors (Lipinski definition) is 0. The molecule has 0 fully saturated rings. The predicted molar refractivity (Wildman–Crippen MR) is 197 cm³/mol. The fourth-order valence-electron chi connectivity index (χ4n) is 6.67. The van der Waals surface area contributed by atoms with Crippen molar-refractivity contribution in [2.75, 3.05) is 0 Å². The van der Waals surface area contributed by atoms with E-state index in [1.54, 1.807) is 0 Å². The van der Waals surface area contributed by atoms with Crippen LogP contribution in [0.3, 0.4) is 0 Å². The first-order valence-corrected chi connectivity index (χ1v) is 16.3. The summed E-state index contributed by atoms with van der Waals surface area (Å²) in [5.41, 5.74) is 10.9. The molecule has 0 spiro atoms. The lowest BCUT2D eigenvalue weighted by Gasteiger charge is -2.12. The molecule has 234 valence electrons. The second-order valence-corrected chi connectivity index (χ2v) is 12.1. The van der Waals surface area contributed by atoms with Gasteiger partial charge in [0.15, 0.2) is 28.6 Å². The summed E-state index contributed by atoms with van der Waals surface area (Å²) in [5.74, 6) is 1.73. The molecule has 0 bridgehead atoms. The molecule has 0 aliphatic carbocycles. The number of benzene rings is 5. The Hall–Kier alpha value is -6.99. The number of rotatable bonds is 5. The van der Waals surface area contributed by atoms with Gasteiger partial charge in [-0.25, -0.2) is 15.0 Å². The summed E-state index contributed by atoms with van der Waals surface area (Å²) in [6.45, 7) is 0. The number of pyridine rings is 2. The summed E-state index contributed by atoms with van der Waals surface area (Å²) >= 11 is 0. The monoisotopic (exact) mass is 643 g/mol.